The molecule has 1 aliphatic heterocycles. The molecule has 1 unspecified atom stereocenters. The number of carboxylic acid groups (broad SMARTS) is 1. The number of aromatic carboxylic acids is 1. The van der Waals surface area contributed by atoms with Crippen LogP contribution in [0.2, 0.25) is 0 Å². The third-order valence-corrected chi connectivity index (χ3v) is 3.10. The van der Waals surface area contributed by atoms with Gasteiger partial charge in [-0.25, -0.2) is 4.79 Å². The summed E-state index contributed by atoms with van der Waals surface area (Å²) in [5.74, 6) is -2.53. The van der Waals surface area contributed by atoms with Crippen molar-refractivity contribution in [3.63, 3.8) is 0 Å². The van der Waals surface area contributed by atoms with Crippen molar-refractivity contribution in [1.29, 1.82) is 0 Å². The topological polar surface area (TPSA) is 127 Å². The molecule has 1 aromatic carbocycles. The molecule has 1 aromatic rings. The van der Waals surface area contributed by atoms with Gasteiger partial charge in [-0.2, -0.15) is 0 Å². The third kappa shape index (κ3) is 2.35. The van der Waals surface area contributed by atoms with Gasteiger partial charge in [0.1, 0.15) is 0 Å². The molecule has 2 rings (SSSR count). The molecule has 1 saturated heterocycles. The van der Waals surface area contributed by atoms with Gasteiger partial charge in [-0.15, -0.1) is 0 Å². The number of carbonyl (C=O) groups is 3. The number of nitrogens with zero attached hydrogens (tertiary/aromatic N) is 1. The van der Waals surface area contributed by atoms with E-state index < -0.39 is 17.8 Å². The van der Waals surface area contributed by atoms with E-state index in [1.807, 2.05) is 0 Å². The fourth-order valence-electron chi connectivity index (χ4n) is 2.04. The first-order valence-electron chi connectivity index (χ1n) is 5.62. The Labute approximate surface area is 108 Å². The maximum Gasteiger partial charge on any atom is 0.335 e. The number of amides is 2. The van der Waals surface area contributed by atoms with Crippen LogP contribution in [0.15, 0.2) is 18.2 Å². The van der Waals surface area contributed by atoms with Gasteiger partial charge >= 0.3 is 5.97 Å². The predicted octanol–water partition coefficient (Wildman–Crippen LogP) is -0.195. The molecule has 2 amide bonds. The molecule has 0 aromatic heterocycles. The third-order valence-electron chi connectivity index (χ3n) is 3.10. The lowest BCUT2D eigenvalue weighted by Gasteiger charge is -2.18. The van der Waals surface area contributed by atoms with Crippen molar-refractivity contribution >= 4 is 29.2 Å². The lowest BCUT2D eigenvalue weighted by Crippen LogP contribution is -2.29. The quantitative estimate of drug-likeness (QED) is 0.651. The van der Waals surface area contributed by atoms with Crippen molar-refractivity contribution in [2.75, 3.05) is 17.2 Å². The zero-order valence-electron chi connectivity index (χ0n) is 10.00. The molecule has 7 nitrogen and oxygen atoms in total. The Bertz CT molecular complexity index is 570. The molecule has 0 aliphatic carbocycles. The van der Waals surface area contributed by atoms with Gasteiger partial charge in [0, 0.05) is 13.0 Å². The molecule has 1 atom stereocenters. The van der Waals surface area contributed by atoms with Gasteiger partial charge in [0.25, 0.3) is 0 Å². The number of hydrogen-bond donors (Lipinski definition) is 3. The molecule has 1 fully saturated rings. The zero-order chi connectivity index (χ0) is 14.2. The monoisotopic (exact) mass is 263 g/mol. The van der Waals surface area contributed by atoms with Gasteiger partial charge in [0.05, 0.1) is 22.9 Å². The molecule has 7 heteroatoms. The van der Waals surface area contributed by atoms with E-state index >= 15 is 0 Å². The first-order valence-corrected chi connectivity index (χ1v) is 5.62. The second-order valence-electron chi connectivity index (χ2n) is 4.39. The van der Waals surface area contributed by atoms with E-state index in [-0.39, 0.29) is 30.1 Å². The van der Waals surface area contributed by atoms with E-state index in [2.05, 4.69) is 0 Å². The Balaban J connectivity index is 2.36. The molecule has 0 bridgehead atoms. The van der Waals surface area contributed by atoms with Gasteiger partial charge in [0.15, 0.2) is 0 Å². The highest BCUT2D eigenvalue weighted by atomic mass is 16.4. The molecule has 19 heavy (non-hydrogen) atoms. The minimum absolute atomic E-state index is 0.0199. The molecular formula is C12H13N3O4. The standard InChI is InChI=1S/C12H13N3O4/c13-8-2-1-6(12(18)19)3-9(8)15-5-7(11(14)17)4-10(15)16/h1-3,7H,4-5,13H2,(H2,14,17)(H,18,19). The van der Waals surface area contributed by atoms with Gasteiger partial charge in [-0.05, 0) is 18.2 Å². The minimum atomic E-state index is -1.11. The van der Waals surface area contributed by atoms with Crippen molar-refractivity contribution in [1.82, 2.24) is 0 Å². The Hall–Kier alpha value is -2.57. The molecule has 100 valence electrons. The average Bonchev–Trinajstić information content (AvgIpc) is 2.72. The maximum absolute atomic E-state index is 11.8. The second kappa shape index (κ2) is 4.60. The molecular weight excluding hydrogens is 250 g/mol. The number of anilines is 2. The van der Waals surface area contributed by atoms with E-state index in [0.29, 0.717) is 5.69 Å². The summed E-state index contributed by atoms with van der Waals surface area (Å²) in [7, 11) is 0. The maximum atomic E-state index is 11.8. The Kier molecular flexibility index (Phi) is 3.12. The number of nitrogens with two attached hydrogens (primary N) is 2. The summed E-state index contributed by atoms with van der Waals surface area (Å²) in [4.78, 5) is 35.2. The summed E-state index contributed by atoms with van der Waals surface area (Å²) in [6.45, 7) is 0.126. The number of carbonyl (C=O) groups excluding carboxylic acids is 2. The highest BCUT2D eigenvalue weighted by Crippen LogP contribution is 2.30. The number of benzene rings is 1. The Morgan fingerprint density at radius 3 is 2.58 bits per heavy atom. The molecule has 0 saturated carbocycles. The van der Waals surface area contributed by atoms with Crippen molar-refractivity contribution in [2.24, 2.45) is 11.7 Å². The predicted molar refractivity (Wildman–Crippen MR) is 67.5 cm³/mol. The van der Waals surface area contributed by atoms with Crippen LogP contribution in [0.3, 0.4) is 0 Å². The summed E-state index contributed by atoms with van der Waals surface area (Å²) in [6.07, 6.45) is 0.0199. The van der Waals surface area contributed by atoms with Crippen molar-refractivity contribution in [2.45, 2.75) is 6.42 Å². The van der Waals surface area contributed by atoms with E-state index in [1.54, 1.807) is 0 Å². The minimum Gasteiger partial charge on any atom is -0.478 e. The number of rotatable bonds is 3. The van der Waals surface area contributed by atoms with Crippen LogP contribution in [0.4, 0.5) is 11.4 Å². The number of hydrogen-bond acceptors (Lipinski definition) is 4. The molecule has 5 N–H and O–H groups in total. The van der Waals surface area contributed by atoms with E-state index in [9.17, 15) is 14.4 Å². The zero-order valence-corrected chi connectivity index (χ0v) is 10.00. The first kappa shape index (κ1) is 12.9. The van der Waals surface area contributed by atoms with E-state index in [1.165, 1.54) is 23.1 Å². The first-order chi connectivity index (χ1) is 8.90. The fourth-order valence-corrected chi connectivity index (χ4v) is 2.04. The van der Waals surface area contributed by atoms with E-state index in [4.69, 9.17) is 16.6 Å². The number of primary amides is 1. The Morgan fingerprint density at radius 1 is 1.37 bits per heavy atom. The van der Waals surface area contributed by atoms with Crippen LogP contribution in [0, 0.1) is 5.92 Å². The summed E-state index contributed by atoms with van der Waals surface area (Å²) >= 11 is 0. The van der Waals surface area contributed by atoms with Crippen LogP contribution in [0.25, 0.3) is 0 Å². The molecule has 0 radical (unpaired) electrons. The van der Waals surface area contributed by atoms with Gasteiger partial charge in [0.2, 0.25) is 11.8 Å². The smallest absolute Gasteiger partial charge is 0.335 e. The van der Waals surface area contributed by atoms with Crippen molar-refractivity contribution in [3.8, 4) is 0 Å². The van der Waals surface area contributed by atoms with Crippen molar-refractivity contribution in [3.05, 3.63) is 23.8 Å². The SMILES string of the molecule is NC(=O)C1CC(=O)N(c2cc(C(=O)O)ccc2N)C1. The van der Waals surface area contributed by atoms with Crippen LogP contribution >= 0.6 is 0 Å². The number of carboxylic acids is 1. The summed E-state index contributed by atoms with van der Waals surface area (Å²) in [6, 6.07) is 4.09. The highest BCUT2D eigenvalue weighted by Gasteiger charge is 2.34. The normalized spacial score (nSPS) is 18.6. The number of nitrogen functional groups attached to an aromatic ring is 1. The van der Waals surface area contributed by atoms with Gasteiger partial charge in [-0.1, -0.05) is 0 Å². The van der Waals surface area contributed by atoms with Crippen molar-refractivity contribution < 1.29 is 19.5 Å². The van der Waals surface area contributed by atoms with Crippen LogP contribution < -0.4 is 16.4 Å². The summed E-state index contributed by atoms with van der Waals surface area (Å²) in [5, 5.41) is 8.93. The summed E-state index contributed by atoms with van der Waals surface area (Å²) < 4.78 is 0. The lowest BCUT2D eigenvalue weighted by molar-refractivity contribution is -0.123. The van der Waals surface area contributed by atoms with Crippen LogP contribution in [-0.4, -0.2) is 29.4 Å². The molecule has 1 aliphatic rings. The highest BCUT2D eigenvalue weighted by molar-refractivity contribution is 6.03. The lowest BCUT2D eigenvalue weighted by atomic mass is 10.1. The average molecular weight is 263 g/mol. The van der Waals surface area contributed by atoms with Gasteiger partial charge < -0.3 is 21.5 Å². The van der Waals surface area contributed by atoms with Crippen LogP contribution in [0.1, 0.15) is 16.8 Å². The molecule has 0 spiro atoms. The van der Waals surface area contributed by atoms with Gasteiger partial charge in [-0.3, -0.25) is 9.59 Å². The summed E-state index contributed by atoms with van der Waals surface area (Å²) in [5.41, 5.74) is 11.5. The second-order valence-corrected chi connectivity index (χ2v) is 4.39. The largest absolute Gasteiger partial charge is 0.478 e. The molecule has 1 heterocycles. The fraction of sp³-hybridized carbons (Fsp3) is 0.250. The van der Waals surface area contributed by atoms with E-state index in [0.717, 1.165) is 0 Å². The Morgan fingerprint density at radius 2 is 2.05 bits per heavy atom. The van der Waals surface area contributed by atoms with Crippen LogP contribution in [0.5, 0.6) is 0 Å². The van der Waals surface area contributed by atoms with Crippen LogP contribution in [-0.2, 0) is 9.59 Å².